The first-order valence-corrected chi connectivity index (χ1v) is 6.75. The van der Waals surface area contributed by atoms with E-state index in [2.05, 4.69) is 0 Å². The fraction of sp³-hybridized carbons (Fsp3) is 0.400. The zero-order valence-corrected chi connectivity index (χ0v) is 12.3. The average molecular weight is 308 g/mol. The molecule has 0 spiro atoms. The summed E-state index contributed by atoms with van der Waals surface area (Å²) >= 11 is 0. The Labute approximate surface area is 126 Å². The Kier molecular flexibility index (Phi) is 3.60. The van der Waals surface area contributed by atoms with Crippen LogP contribution in [0.5, 0.6) is 11.5 Å². The van der Waals surface area contributed by atoms with Gasteiger partial charge < -0.3 is 20.1 Å². The van der Waals surface area contributed by atoms with Gasteiger partial charge in [0.15, 0.2) is 11.4 Å². The number of cyclic esters (lactones) is 1. The van der Waals surface area contributed by atoms with Crippen LogP contribution in [0.1, 0.15) is 53.5 Å². The van der Waals surface area contributed by atoms with E-state index in [1.54, 1.807) is 13.8 Å². The molecule has 1 aromatic rings. The highest BCUT2D eigenvalue weighted by Crippen LogP contribution is 2.46. The first-order chi connectivity index (χ1) is 10.1. The van der Waals surface area contributed by atoms with Gasteiger partial charge in [-0.3, -0.25) is 4.79 Å². The molecule has 0 saturated heterocycles. The summed E-state index contributed by atoms with van der Waals surface area (Å²) in [4.78, 5) is 35.5. The minimum Gasteiger partial charge on any atom is -0.507 e. The second-order valence-corrected chi connectivity index (χ2v) is 5.44. The number of hydrogen-bond acceptors (Lipinski definition) is 6. The van der Waals surface area contributed by atoms with Crippen LogP contribution in [0.25, 0.3) is 0 Å². The molecule has 2 atom stereocenters. The van der Waals surface area contributed by atoms with Crippen LogP contribution < -0.4 is 0 Å². The van der Waals surface area contributed by atoms with Crippen molar-refractivity contribution in [2.75, 3.05) is 0 Å². The number of hydrogen-bond donors (Lipinski definition) is 3. The molecule has 1 aliphatic heterocycles. The lowest BCUT2D eigenvalue weighted by Crippen LogP contribution is -2.36. The summed E-state index contributed by atoms with van der Waals surface area (Å²) in [5, 5.41) is 28.8. The van der Waals surface area contributed by atoms with Gasteiger partial charge in [-0.1, -0.05) is 13.8 Å². The van der Waals surface area contributed by atoms with Crippen LogP contribution in [0.2, 0.25) is 0 Å². The molecule has 0 aliphatic carbocycles. The number of ketones is 1. The van der Waals surface area contributed by atoms with Gasteiger partial charge in [0, 0.05) is 11.5 Å². The molecule has 0 unspecified atom stereocenters. The number of aromatic hydroxyl groups is 2. The van der Waals surface area contributed by atoms with Crippen molar-refractivity contribution in [3.8, 4) is 11.5 Å². The summed E-state index contributed by atoms with van der Waals surface area (Å²) in [5.41, 5.74) is -2.87. The van der Waals surface area contributed by atoms with Crippen LogP contribution in [0, 0.1) is 5.92 Å². The Morgan fingerprint density at radius 1 is 1.36 bits per heavy atom. The Morgan fingerprint density at radius 2 is 1.95 bits per heavy atom. The molecule has 118 valence electrons. The second-order valence-electron chi connectivity index (χ2n) is 5.44. The fourth-order valence-electron chi connectivity index (χ4n) is 2.58. The minimum atomic E-state index is -1.66. The van der Waals surface area contributed by atoms with E-state index in [0.717, 1.165) is 6.07 Å². The third-order valence-corrected chi connectivity index (χ3v) is 4.04. The zero-order valence-electron chi connectivity index (χ0n) is 12.3. The van der Waals surface area contributed by atoms with Gasteiger partial charge in [0.2, 0.25) is 0 Å². The number of carbonyl (C=O) groups excluding carboxylic acids is 2. The van der Waals surface area contributed by atoms with E-state index in [1.165, 1.54) is 6.92 Å². The SMILES string of the molecule is CC[C@@H](C)C(=O)[C@@]1(C)OC(=O)c2c1cc(O)c(C(=O)O)c2O. The normalized spacial score (nSPS) is 21.1. The smallest absolute Gasteiger partial charge is 0.343 e. The molecule has 3 N–H and O–H groups in total. The number of ether oxygens (including phenoxy) is 1. The quantitative estimate of drug-likeness (QED) is 0.725. The summed E-state index contributed by atoms with van der Waals surface area (Å²) in [7, 11) is 0. The van der Waals surface area contributed by atoms with Crippen LogP contribution >= 0.6 is 0 Å². The summed E-state index contributed by atoms with van der Waals surface area (Å²) < 4.78 is 5.12. The van der Waals surface area contributed by atoms with Crippen molar-refractivity contribution < 1.29 is 34.4 Å². The maximum absolute atomic E-state index is 12.5. The number of carbonyl (C=O) groups is 3. The zero-order chi connectivity index (χ0) is 16.8. The topological polar surface area (TPSA) is 121 Å². The van der Waals surface area contributed by atoms with E-state index in [9.17, 15) is 24.6 Å². The average Bonchev–Trinajstić information content (AvgIpc) is 2.69. The van der Waals surface area contributed by atoms with Crippen LogP contribution in [-0.4, -0.2) is 33.0 Å². The number of esters is 1. The summed E-state index contributed by atoms with van der Waals surface area (Å²) in [6.45, 7) is 4.83. The molecule has 0 aromatic heterocycles. The fourth-order valence-corrected chi connectivity index (χ4v) is 2.58. The van der Waals surface area contributed by atoms with E-state index in [4.69, 9.17) is 9.84 Å². The van der Waals surface area contributed by atoms with Crippen molar-refractivity contribution in [1.82, 2.24) is 0 Å². The van der Waals surface area contributed by atoms with Gasteiger partial charge in [0.25, 0.3) is 0 Å². The molecule has 7 nitrogen and oxygen atoms in total. The van der Waals surface area contributed by atoms with Gasteiger partial charge in [0.1, 0.15) is 22.6 Å². The Balaban J connectivity index is 2.72. The number of carboxylic acid groups (broad SMARTS) is 1. The maximum Gasteiger partial charge on any atom is 0.343 e. The predicted octanol–water partition coefficient (Wildman–Crippen LogP) is 1.80. The van der Waals surface area contributed by atoms with Crippen molar-refractivity contribution in [2.24, 2.45) is 5.92 Å². The number of fused-ring (bicyclic) bond motifs is 1. The first-order valence-electron chi connectivity index (χ1n) is 6.75. The predicted molar refractivity (Wildman–Crippen MR) is 74.0 cm³/mol. The molecular weight excluding hydrogens is 292 g/mol. The lowest BCUT2D eigenvalue weighted by molar-refractivity contribution is -0.140. The Hall–Kier alpha value is -2.57. The number of carboxylic acids is 1. The van der Waals surface area contributed by atoms with E-state index in [1.807, 2.05) is 0 Å². The molecule has 0 saturated carbocycles. The molecule has 0 radical (unpaired) electrons. The van der Waals surface area contributed by atoms with Gasteiger partial charge in [-0.25, -0.2) is 9.59 Å². The van der Waals surface area contributed by atoms with E-state index < -0.39 is 46.1 Å². The van der Waals surface area contributed by atoms with E-state index in [0.29, 0.717) is 6.42 Å². The molecular formula is C15H16O7. The number of phenols is 2. The monoisotopic (exact) mass is 308 g/mol. The Bertz CT molecular complexity index is 692. The molecule has 0 fully saturated rings. The molecule has 22 heavy (non-hydrogen) atoms. The molecule has 0 amide bonds. The van der Waals surface area contributed by atoms with Crippen molar-refractivity contribution in [3.63, 3.8) is 0 Å². The van der Waals surface area contributed by atoms with Crippen molar-refractivity contribution in [1.29, 1.82) is 0 Å². The molecule has 0 bridgehead atoms. The second kappa shape index (κ2) is 5.01. The van der Waals surface area contributed by atoms with Gasteiger partial charge in [-0.2, -0.15) is 0 Å². The van der Waals surface area contributed by atoms with Gasteiger partial charge >= 0.3 is 11.9 Å². The largest absolute Gasteiger partial charge is 0.507 e. The molecule has 7 heteroatoms. The van der Waals surface area contributed by atoms with Gasteiger partial charge in [0.05, 0.1) is 0 Å². The molecule has 1 aliphatic rings. The van der Waals surface area contributed by atoms with Crippen LogP contribution in [0.15, 0.2) is 6.07 Å². The molecule has 1 heterocycles. The Morgan fingerprint density at radius 3 is 2.45 bits per heavy atom. The van der Waals surface area contributed by atoms with Crippen molar-refractivity contribution in [2.45, 2.75) is 32.8 Å². The maximum atomic E-state index is 12.5. The molecule has 1 aromatic carbocycles. The highest BCUT2D eigenvalue weighted by Gasteiger charge is 2.51. The minimum absolute atomic E-state index is 0.0252. The van der Waals surface area contributed by atoms with Gasteiger partial charge in [-0.15, -0.1) is 0 Å². The van der Waals surface area contributed by atoms with Gasteiger partial charge in [-0.05, 0) is 19.4 Å². The summed E-state index contributed by atoms with van der Waals surface area (Å²) in [5.74, 6) is -5.00. The standard InChI is InChI=1S/C15H16O7/c1-4-6(2)12(18)15(3)7-5-8(16)10(13(19)20)11(17)9(7)14(21)22-15/h5-6,16-17H,4H2,1-3H3,(H,19,20)/t6-,15+/m1/s1. The number of benzene rings is 1. The van der Waals surface area contributed by atoms with E-state index >= 15 is 0 Å². The summed E-state index contributed by atoms with van der Waals surface area (Å²) in [6.07, 6.45) is 0.520. The summed E-state index contributed by atoms with van der Waals surface area (Å²) in [6, 6.07) is 0.990. The van der Waals surface area contributed by atoms with Crippen LogP contribution in [0.3, 0.4) is 0 Å². The lowest BCUT2D eigenvalue weighted by Gasteiger charge is -2.25. The number of rotatable bonds is 4. The van der Waals surface area contributed by atoms with Crippen LogP contribution in [-0.2, 0) is 15.1 Å². The highest BCUT2D eigenvalue weighted by atomic mass is 16.6. The first kappa shape index (κ1) is 15.8. The number of Topliss-reactive ketones (excluding diaryl/α,β-unsaturated/α-hetero) is 1. The van der Waals surface area contributed by atoms with E-state index in [-0.39, 0.29) is 11.3 Å². The highest BCUT2D eigenvalue weighted by molar-refractivity contribution is 6.08. The van der Waals surface area contributed by atoms with Crippen molar-refractivity contribution in [3.05, 3.63) is 22.8 Å². The third-order valence-electron chi connectivity index (χ3n) is 4.04. The third kappa shape index (κ3) is 2.01. The van der Waals surface area contributed by atoms with Crippen LogP contribution in [0.4, 0.5) is 0 Å². The van der Waals surface area contributed by atoms with Crippen molar-refractivity contribution >= 4 is 17.7 Å². The lowest BCUT2D eigenvalue weighted by atomic mass is 9.83. The molecule has 2 rings (SSSR count). The number of aromatic carboxylic acids is 1.